The smallest absolute Gasteiger partial charge is 0.408 e. The molecule has 0 aliphatic rings. The van der Waals surface area contributed by atoms with Crippen LogP contribution in [0.1, 0.15) is 52.2 Å². The molecule has 6 nitrogen and oxygen atoms in total. The molecule has 0 saturated heterocycles. The van der Waals surface area contributed by atoms with E-state index in [1.165, 1.54) is 0 Å². The van der Waals surface area contributed by atoms with Gasteiger partial charge in [0, 0.05) is 11.6 Å². The predicted molar refractivity (Wildman–Crippen MR) is 128 cm³/mol. The van der Waals surface area contributed by atoms with Gasteiger partial charge in [0.25, 0.3) is 0 Å². The molecule has 0 saturated carbocycles. The zero-order valence-corrected chi connectivity index (χ0v) is 19.9. The van der Waals surface area contributed by atoms with Crippen molar-refractivity contribution >= 4 is 23.0 Å². The van der Waals surface area contributed by atoms with Crippen LogP contribution in [0, 0.1) is 5.41 Å². The normalized spacial score (nSPS) is 13.4. The first-order valence-corrected chi connectivity index (χ1v) is 11.1. The van der Waals surface area contributed by atoms with Crippen molar-refractivity contribution in [2.24, 2.45) is 5.41 Å². The van der Waals surface area contributed by atoms with Gasteiger partial charge >= 0.3 is 12.1 Å². The lowest BCUT2D eigenvalue weighted by Crippen LogP contribution is -2.55. The maximum Gasteiger partial charge on any atom is 0.408 e. The van der Waals surface area contributed by atoms with Crippen LogP contribution in [0.5, 0.6) is 0 Å². The Morgan fingerprint density at radius 1 is 1.00 bits per heavy atom. The maximum absolute atomic E-state index is 13.6. The quantitative estimate of drug-likeness (QED) is 0.466. The van der Waals surface area contributed by atoms with Crippen molar-refractivity contribution in [3.8, 4) is 0 Å². The highest BCUT2D eigenvalue weighted by atomic mass is 16.6. The van der Waals surface area contributed by atoms with Gasteiger partial charge in [-0.15, -0.1) is 0 Å². The molecule has 3 aromatic rings. The minimum Gasteiger partial charge on any atom is -0.461 e. The van der Waals surface area contributed by atoms with Crippen LogP contribution in [0.15, 0.2) is 66.9 Å². The van der Waals surface area contributed by atoms with Gasteiger partial charge in [0.05, 0.1) is 11.6 Å². The van der Waals surface area contributed by atoms with Crippen LogP contribution in [-0.2, 0) is 26.4 Å². The van der Waals surface area contributed by atoms with Crippen molar-refractivity contribution in [2.75, 3.05) is 0 Å². The summed E-state index contributed by atoms with van der Waals surface area (Å²) in [7, 11) is 0. The summed E-state index contributed by atoms with van der Waals surface area (Å²) in [5, 5.41) is 3.75. The van der Waals surface area contributed by atoms with E-state index in [0.717, 1.165) is 16.5 Å². The van der Waals surface area contributed by atoms with E-state index >= 15 is 0 Å². The molecule has 1 atom stereocenters. The Hall–Kier alpha value is -3.41. The van der Waals surface area contributed by atoms with Crippen LogP contribution in [0.3, 0.4) is 0 Å². The number of ether oxygens (including phenoxy) is 2. The van der Waals surface area contributed by atoms with Gasteiger partial charge in [-0.2, -0.15) is 0 Å². The third-order valence-corrected chi connectivity index (χ3v) is 5.11. The number of pyridine rings is 1. The van der Waals surface area contributed by atoms with E-state index in [0.29, 0.717) is 12.0 Å². The molecule has 1 aromatic heterocycles. The second-order valence-corrected chi connectivity index (χ2v) is 9.69. The van der Waals surface area contributed by atoms with Gasteiger partial charge in [-0.3, -0.25) is 4.98 Å². The van der Waals surface area contributed by atoms with Crippen LogP contribution >= 0.6 is 0 Å². The fourth-order valence-electron chi connectivity index (χ4n) is 3.84. The summed E-state index contributed by atoms with van der Waals surface area (Å²) in [4.78, 5) is 31.0. The van der Waals surface area contributed by atoms with Crippen molar-refractivity contribution in [1.29, 1.82) is 0 Å². The number of rotatable bonds is 7. The van der Waals surface area contributed by atoms with E-state index in [2.05, 4.69) is 10.3 Å². The lowest BCUT2D eigenvalue weighted by molar-refractivity contribution is -0.157. The van der Waals surface area contributed by atoms with Gasteiger partial charge in [-0.1, -0.05) is 63.2 Å². The Morgan fingerprint density at radius 3 is 2.39 bits per heavy atom. The molecule has 1 N–H and O–H groups in total. The van der Waals surface area contributed by atoms with E-state index in [4.69, 9.17) is 9.47 Å². The number of alkyl carbamates (subject to hydrolysis) is 1. The SMILES string of the molecule is CC(C)OC(=O)[C@](CC(C)(C)C)(NC(=O)OCc1ccccc1)c1ccc2ncccc2c1. The Bertz CT molecular complexity index is 1110. The Morgan fingerprint density at radius 2 is 1.73 bits per heavy atom. The van der Waals surface area contributed by atoms with Crippen molar-refractivity contribution in [3.63, 3.8) is 0 Å². The van der Waals surface area contributed by atoms with Gasteiger partial charge in [-0.05, 0) is 55.0 Å². The maximum atomic E-state index is 13.6. The van der Waals surface area contributed by atoms with E-state index < -0.39 is 17.6 Å². The molecule has 2 aromatic carbocycles. The summed E-state index contributed by atoms with van der Waals surface area (Å²) >= 11 is 0. The third-order valence-electron chi connectivity index (χ3n) is 5.11. The second-order valence-electron chi connectivity index (χ2n) is 9.69. The van der Waals surface area contributed by atoms with E-state index in [9.17, 15) is 9.59 Å². The summed E-state index contributed by atoms with van der Waals surface area (Å²) in [5.74, 6) is -0.521. The average molecular weight is 449 g/mol. The first kappa shape index (κ1) is 24.2. The summed E-state index contributed by atoms with van der Waals surface area (Å²) in [6, 6.07) is 18.7. The fraction of sp³-hybridized carbons (Fsp3) is 0.370. The lowest BCUT2D eigenvalue weighted by Gasteiger charge is -2.38. The number of carbonyl (C=O) groups excluding carboxylic acids is 2. The Kier molecular flexibility index (Phi) is 7.36. The summed E-state index contributed by atoms with van der Waals surface area (Å²) < 4.78 is 11.2. The summed E-state index contributed by atoms with van der Waals surface area (Å²) in [5.41, 5.74) is 0.540. The minimum atomic E-state index is -1.43. The summed E-state index contributed by atoms with van der Waals surface area (Å²) in [6.07, 6.45) is 1.00. The zero-order valence-electron chi connectivity index (χ0n) is 19.9. The number of hydrogen-bond donors (Lipinski definition) is 1. The first-order valence-electron chi connectivity index (χ1n) is 11.1. The number of nitrogens with one attached hydrogen (secondary N) is 1. The second kappa shape index (κ2) is 10.0. The number of benzene rings is 2. The van der Waals surface area contributed by atoms with Crippen molar-refractivity contribution in [2.45, 2.75) is 59.3 Å². The third kappa shape index (κ3) is 6.31. The van der Waals surface area contributed by atoms with Gasteiger partial charge in [0.2, 0.25) is 0 Å². The highest BCUT2D eigenvalue weighted by Crippen LogP contribution is 2.37. The molecular formula is C27H32N2O4. The van der Waals surface area contributed by atoms with Crippen LogP contribution in [0.25, 0.3) is 10.9 Å². The van der Waals surface area contributed by atoms with Gasteiger partial charge in [0.1, 0.15) is 6.61 Å². The Labute approximate surface area is 195 Å². The number of nitrogens with zero attached hydrogens (tertiary/aromatic N) is 1. The molecule has 1 amide bonds. The van der Waals surface area contributed by atoms with E-state index in [1.807, 2.05) is 81.4 Å². The average Bonchev–Trinajstić information content (AvgIpc) is 2.76. The zero-order chi connectivity index (χ0) is 24.1. The fourth-order valence-corrected chi connectivity index (χ4v) is 3.84. The van der Waals surface area contributed by atoms with E-state index in [1.54, 1.807) is 20.0 Å². The minimum absolute atomic E-state index is 0.0964. The van der Waals surface area contributed by atoms with Crippen molar-refractivity contribution in [1.82, 2.24) is 10.3 Å². The Balaban J connectivity index is 2.02. The summed E-state index contributed by atoms with van der Waals surface area (Å²) in [6.45, 7) is 9.73. The van der Waals surface area contributed by atoms with Crippen LogP contribution in [0.4, 0.5) is 4.79 Å². The monoisotopic (exact) mass is 448 g/mol. The molecule has 3 rings (SSSR count). The topological polar surface area (TPSA) is 77.5 Å². The largest absolute Gasteiger partial charge is 0.461 e. The predicted octanol–water partition coefficient (Wildman–Crippen LogP) is 5.74. The molecule has 0 bridgehead atoms. The molecule has 0 fully saturated rings. The van der Waals surface area contributed by atoms with Gasteiger partial charge < -0.3 is 14.8 Å². The lowest BCUT2D eigenvalue weighted by atomic mass is 9.75. The number of aromatic nitrogens is 1. The number of esters is 1. The number of hydrogen-bond acceptors (Lipinski definition) is 5. The van der Waals surface area contributed by atoms with Crippen LogP contribution in [0.2, 0.25) is 0 Å². The molecular weight excluding hydrogens is 416 g/mol. The highest BCUT2D eigenvalue weighted by molar-refractivity contribution is 5.89. The molecule has 0 spiro atoms. The molecule has 174 valence electrons. The molecule has 0 radical (unpaired) electrons. The molecule has 33 heavy (non-hydrogen) atoms. The highest BCUT2D eigenvalue weighted by Gasteiger charge is 2.47. The van der Waals surface area contributed by atoms with Crippen LogP contribution < -0.4 is 5.32 Å². The molecule has 6 heteroatoms. The van der Waals surface area contributed by atoms with Crippen molar-refractivity contribution in [3.05, 3.63) is 78.0 Å². The van der Waals surface area contributed by atoms with Gasteiger partial charge in [0.15, 0.2) is 5.54 Å². The molecule has 1 heterocycles. The van der Waals surface area contributed by atoms with Crippen LogP contribution in [-0.4, -0.2) is 23.2 Å². The first-order chi connectivity index (χ1) is 15.6. The van der Waals surface area contributed by atoms with Gasteiger partial charge in [-0.25, -0.2) is 9.59 Å². The standard InChI is InChI=1S/C27H32N2O4/c1-19(2)33-24(30)27(18-26(3,4)5,22-13-14-23-21(16-22)12-9-15-28-23)29-25(31)32-17-20-10-7-6-8-11-20/h6-16,19H,17-18H2,1-5H3,(H,29,31)/t27-/m1/s1. The molecule has 0 aliphatic heterocycles. The van der Waals surface area contributed by atoms with Crippen molar-refractivity contribution < 1.29 is 19.1 Å². The molecule has 0 unspecified atom stereocenters. The number of amides is 1. The van der Waals surface area contributed by atoms with E-state index in [-0.39, 0.29) is 18.1 Å². The molecule has 0 aliphatic carbocycles. The number of fused-ring (bicyclic) bond motifs is 1. The number of carbonyl (C=O) groups is 2.